The second-order valence-corrected chi connectivity index (χ2v) is 5.29. The van der Waals surface area contributed by atoms with E-state index in [1.807, 2.05) is 0 Å². The molecule has 1 N–H and O–H groups in total. The molecule has 0 saturated heterocycles. The Morgan fingerprint density at radius 2 is 2.00 bits per heavy atom. The third-order valence-electron chi connectivity index (χ3n) is 2.98. The molecule has 0 spiro atoms. The maximum absolute atomic E-state index is 12.4. The van der Waals surface area contributed by atoms with E-state index < -0.39 is 0 Å². The number of aromatic nitrogens is 1. The van der Waals surface area contributed by atoms with E-state index in [9.17, 15) is 4.79 Å². The highest BCUT2D eigenvalue weighted by Gasteiger charge is 2.18. The molecule has 1 rings (SSSR count). The Hall–Kier alpha value is -0.840. The van der Waals surface area contributed by atoms with Crippen LogP contribution in [0.4, 0.5) is 0 Å². The van der Waals surface area contributed by atoms with Crippen LogP contribution in [0.3, 0.4) is 0 Å². The van der Waals surface area contributed by atoms with E-state index in [1.54, 1.807) is 11.0 Å². The Morgan fingerprint density at radius 1 is 1.25 bits per heavy atom. The summed E-state index contributed by atoms with van der Waals surface area (Å²) in [5.41, 5.74) is 0.319. The average Bonchev–Trinajstić information content (AvgIpc) is 2.41. The van der Waals surface area contributed by atoms with Crippen LogP contribution in [0.2, 0.25) is 10.3 Å². The van der Waals surface area contributed by atoms with Crippen molar-refractivity contribution in [3.05, 3.63) is 28.0 Å². The molecule has 1 amide bonds. The van der Waals surface area contributed by atoms with Crippen LogP contribution in [0.1, 0.15) is 43.0 Å². The van der Waals surface area contributed by atoms with Gasteiger partial charge in [-0.15, -0.1) is 0 Å². The van der Waals surface area contributed by atoms with E-state index in [0.717, 1.165) is 25.7 Å². The zero-order valence-corrected chi connectivity index (χ0v) is 13.1. The van der Waals surface area contributed by atoms with E-state index in [1.165, 1.54) is 6.07 Å². The smallest absolute Gasteiger partial charge is 0.257 e. The van der Waals surface area contributed by atoms with Gasteiger partial charge in [0.25, 0.3) is 5.91 Å². The fourth-order valence-corrected chi connectivity index (χ4v) is 2.33. The van der Waals surface area contributed by atoms with E-state index in [2.05, 4.69) is 11.9 Å². The second kappa shape index (κ2) is 9.16. The number of nitrogens with zero attached hydrogens (tertiary/aromatic N) is 2. The fraction of sp³-hybridized carbons (Fsp3) is 0.571. The molecular formula is C14H20Cl2N2O2. The van der Waals surface area contributed by atoms with E-state index in [-0.39, 0.29) is 22.8 Å². The first kappa shape index (κ1) is 17.2. The minimum Gasteiger partial charge on any atom is -0.395 e. The number of amides is 1. The van der Waals surface area contributed by atoms with Crippen LogP contribution in [-0.4, -0.2) is 40.6 Å². The summed E-state index contributed by atoms with van der Waals surface area (Å²) in [6.07, 6.45) is 4.27. The Bertz CT molecular complexity index is 441. The van der Waals surface area contributed by atoms with Crippen LogP contribution in [-0.2, 0) is 0 Å². The van der Waals surface area contributed by atoms with Crippen molar-refractivity contribution >= 4 is 29.1 Å². The molecule has 0 unspecified atom stereocenters. The van der Waals surface area contributed by atoms with Gasteiger partial charge in [0.05, 0.1) is 12.2 Å². The van der Waals surface area contributed by atoms with Gasteiger partial charge in [-0.1, -0.05) is 49.4 Å². The SMILES string of the molecule is CCCCCCN(CCO)C(=O)c1ccc(Cl)nc1Cl. The molecule has 112 valence electrons. The number of unbranched alkanes of at least 4 members (excludes halogenated alkanes) is 3. The summed E-state index contributed by atoms with van der Waals surface area (Å²) in [5, 5.41) is 9.43. The van der Waals surface area contributed by atoms with Gasteiger partial charge in [0.15, 0.2) is 0 Å². The van der Waals surface area contributed by atoms with Gasteiger partial charge in [-0.05, 0) is 18.6 Å². The average molecular weight is 319 g/mol. The maximum Gasteiger partial charge on any atom is 0.257 e. The Labute approximate surface area is 129 Å². The minimum atomic E-state index is -0.218. The summed E-state index contributed by atoms with van der Waals surface area (Å²) in [6.45, 7) is 2.97. The molecule has 0 aliphatic carbocycles. The predicted octanol–water partition coefficient (Wildman–Crippen LogP) is 3.40. The van der Waals surface area contributed by atoms with Gasteiger partial charge in [0, 0.05) is 13.1 Å². The predicted molar refractivity (Wildman–Crippen MR) is 81.4 cm³/mol. The normalized spacial score (nSPS) is 10.6. The zero-order chi connectivity index (χ0) is 15.0. The lowest BCUT2D eigenvalue weighted by molar-refractivity contribution is 0.0718. The van der Waals surface area contributed by atoms with E-state index in [4.69, 9.17) is 28.3 Å². The zero-order valence-electron chi connectivity index (χ0n) is 11.6. The maximum atomic E-state index is 12.4. The van der Waals surface area contributed by atoms with Gasteiger partial charge in [-0.2, -0.15) is 0 Å². The van der Waals surface area contributed by atoms with Gasteiger partial charge >= 0.3 is 0 Å². The highest BCUT2D eigenvalue weighted by atomic mass is 35.5. The molecule has 1 heterocycles. The summed E-state index contributed by atoms with van der Waals surface area (Å²) in [4.78, 5) is 17.8. The molecule has 1 aromatic rings. The Balaban J connectivity index is 2.72. The first-order valence-electron chi connectivity index (χ1n) is 6.82. The number of hydrogen-bond acceptors (Lipinski definition) is 3. The molecule has 0 fully saturated rings. The van der Waals surface area contributed by atoms with E-state index >= 15 is 0 Å². The Kier molecular flexibility index (Phi) is 7.88. The molecule has 1 aromatic heterocycles. The van der Waals surface area contributed by atoms with Crippen molar-refractivity contribution in [1.29, 1.82) is 0 Å². The van der Waals surface area contributed by atoms with Gasteiger partial charge in [0.1, 0.15) is 10.3 Å². The molecule has 0 aromatic carbocycles. The lowest BCUT2D eigenvalue weighted by atomic mass is 10.2. The fourth-order valence-electron chi connectivity index (χ4n) is 1.91. The number of rotatable bonds is 8. The number of pyridine rings is 1. The summed E-state index contributed by atoms with van der Waals surface area (Å²) >= 11 is 11.7. The van der Waals surface area contributed by atoms with Crippen LogP contribution in [0.5, 0.6) is 0 Å². The van der Waals surface area contributed by atoms with Crippen molar-refractivity contribution in [2.75, 3.05) is 19.7 Å². The molecule has 4 nitrogen and oxygen atoms in total. The van der Waals surface area contributed by atoms with Crippen molar-refractivity contribution in [2.45, 2.75) is 32.6 Å². The highest BCUT2D eigenvalue weighted by molar-refractivity contribution is 6.34. The monoisotopic (exact) mass is 318 g/mol. The lowest BCUT2D eigenvalue weighted by Gasteiger charge is -2.22. The summed E-state index contributed by atoms with van der Waals surface area (Å²) < 4.78 is 0. The Morgan fingerprint density at radius 3 is 2.60 bits per heavy atom. The third-order valence-corrected chi connectivity index (χ3v) is 3.48. The summed E-state index contributed by atoms with van der Waals surface area (Å²) in [6, 6.07) is 3.10. The molecule has 0 aliphatic rings. The molecule has 20 heavy (non-hydrogen) atoms. The quantitative estimate of drug-likeness (QED) is 0.590. The van der Waals surface area contributed by atoms with Crippen molar-refractivity contribution in [3.8, 4) is 0 Å². The van der Waals surface area contributed by atoms with Crippen LogP contribution in [0.15, 0.2) is 12.1 Å². The van der Waals surface area contributed by atoms with Crippen LogP contribution < -0.4 is 0 Å². The van der Waals surface area contributed by atoms with Gasteiger partial charge < -0.3 is 10.0 Å². The van der Waals surface area contributed by atoms with Crippen molar-refractivity contribution in [2.24, 2.45) is 0 Å². The van der Waals surface area contributed by atoms with Crippen molar-refractivity contribution in [3.63, 3.8) is 0 Å². The molecule has 0 aliphatic heterocycles. The second-order valence-electron chi connectivity index (χ2n) is 4.55. The summed E-state index contributed by atoms with van der Waals surface area (Å²) in [7, 11) is 0. The molecule has 6 heteroatoms. The van der Waals surface area contributed by atoms with Crippen LogP contribution >= 0.6 is 23.2 Å². The molecule has 0 radical (unpaired) electrons. The van der Waals surface area contributed by atoms with Crippen molar-refractivity contribution < 1.29 is 9.90 Å². The first-order valence-corrected chi connectivity index (χ1v) is 7.58. The molecule has 0 atom stereocenters. The van der Waals surface area contributed by atoms with Gasteiger partial charge in [-0.25, -0.2) is 4.98 Å². The lowest BCUT2D eigenvalue weighted by Crippen LogP contribution is -2.34. The number of carbonyl (C=O) groups is 1. The molecule has 0 bridgehead atoms. The number of aliphatic hydroxyl groups is 1. The standard InChI is InChI=1S/C14H20Cl2N2O2/c1-2-3-4-5-8-18(9-10-19)14(20)11-6-7-12(15)17-13(11)16/h6-7,19H,2-5,8-10H2,1H3. The number of carbonyl (C=O) groups excluding carboxylic acids is 1. The van der Waals surface area contributed by atoms with Crippen LogP contribution in [0, 0.1) is 0 Å². The minimum absolute atomic E-state index is 0.0713. The summed E-state index contributed by atoms with van der Waals surface area (Å²) in [5.74, 6) is -0.218. The number of hydrogen-bond donors (Lipinski definition) is 1. The van der Waals surface area contributed by atoms with Gasteiger partial charge in [-0.3, -0.25) is 4.79 Å². The molecule has 0 saturated carbocycles. The van der Waals surface area contributed by atoms with Gasteiger partial charge in [0.2, 0.25) is 0 Å². The topological polar surface area (TPSA) is 53.4 Å². The van der Waals surface area contributed by atoms with Crippen LogP contribution in [0.25, 0.3) is 0 Å². The highest BCUT2D eigenvalue weighted by Crippen LogP contribution is 2.18. The van der Waals surface area contributed by atoms with Crippen molar-refractivity contribution in [1.82, 2.24) is 9.88 Å². The molecular weight excluding hydrogens is 299 g/mol. The third kappa shape index (κ3) is 5.27. The number of halogens is 2. The number of aliphatic hydroxyl groups excluding tert-OH is 1. The largest absolute Gasteiger partial charge is 0.395 e. The first-order chi connectivity index (χ1) is 9.60. The van der Waals surface area contributed by atoms with E-state index in [0.29, 0.717) is 18.7 Å².